The van der Waals surface area contributed by atoms with E-state index >= 15 is 0 Å². The maximum absolute atomic E-state index is 14.9. The van der Waals surface area contributed by atoms with Gasteiger partial charge in [-0.05, 0) is 23.3 Å². The Balaban J connectivity index is 1.73. The first-order chi connectivity index (χ1) is 16.6. The van der Waals surface area contributed by atoms with Gasteiger partial charge in [-0.25, -0.2) is 22.8 Å². The van der Waals surface area contributed by atoms with Crippen molar-refractivity contribution in [2.75, 3.05) is 5.73 Å². The van der Waals surface area contributed by atoms with Crippen LogP contribution in [-0.2, 0) is 10.0 Å². The van der Waals surface area contributed by atoms with Crippen molar-refractivity contribution in [3.63, 3.8) is 0 Å². The Hall–Kier alpha value is -3.83. The van der Waals surface area contributed by atoms with E-state index in [1.54, 1.807) is 4.72 Å². The molecule has 1 aromatic heterocycles. The second-order valence-electron chi connectivity index (χ2n) is 7.53. The number of aromatic nitrogens is 2. The highest BCUT2D eigenvalue weighted by atomic mass is 32.2. The third kappa shape index (κ3) is 5.31. The zero-order chi connectivity index (χ0) is 25.2. The zero-order valence-corrected chi connectivity index (χ0v) is 18.7. The normalized spacial score (nSPS) is 12.9. The summed E-state index contributed by atoms with van der Waals surface area (Å²) < 4.78 is 84.2. The van der Waals surface area contributed by atoms with Crippen molar-refractivity contribution in [1.29, 1.82) is 0 Å². The van der Waals surface area contributed by atoms with Crippen molar-refractivity contribution in [1.82, 2.24) is 14.7 Å². The topological polar surface area (TPSA) is 98.0 Å². The molecule has 35 heavy (non-hydrogen) atoms. The Bertz CT molecular complexity index is 1440. The molecule has 0 aliphatic carbocycles. The molecule has 4 rings (SSSR count). The van der Waals surface area contributed by atoms with Gasteiger partial charge in [-0.3, -0.25) is 0 Å². The summed E-state index contributed by atoms with van der Waals surface area (Å²) in [5, 5.41) is 0. The van der Waals surface area contributed by atoms with E-state index in [1.165, 1.54) is 73.1 Å². The van der Waals surface area contributed by atoms with Gasteiger partial charge in [0.15, 0.2) is 0 Å². The van der Waals surface area contributed by atoms with Crippen LogP contribution in [0.25, 0.3) is 22.3 Å². The largest absolute Gasteiger partial charge is 0.408 e. The Morgan fingerprint density at radius 2 is 1.46 bits per heavy atom. The highest BCUT2D eigenvalue weighted by molar-refractivity contribution is 7.89. The lowest BCUT2D eigenvalue weighted by Gasteiger charge is -2.23. The summed E-state index contributed by atoms with van der Waals surface area (Å²) in [6.07, 6.45) is -2.22. The molecule has 1 atom stereocenters. The van der Waals surface area contributed by atoms with Crippen molar-refractivity contribution < 1.29 is 26.0 Å². The molecule has 0 spiro atoms. The van der Waals surface area contributed by atoms with E-state index < -0.39 is 33.0 Å². The van der Waals surface area contributed by atoms with Crippen LogP contribution in [0.1, 0.15) is 11.6 Å². The third-order valence-corrected chi connectivity index (χ3v) is 6.65. The first-order valence-electron chi connectivity index (χ1n) is 10.2. The third-order valence-electron chi connectivity index (χ3n) is 5.17. The first kappa shape index (κ1) is 24.3. The number of sulfonamides is 1. The second-order valence-corrected chi connectivity index (χ2v) is 9.21. The van der Waals surface area contributed by atoms with E-state index in [0.29, 0.717) is 5.56 Å². The maximum atomic E-state index is 14.9. The summed E-state index contributed by atoms with van der Waals surface area (Å²) in [5.41, 5.74) is 5.88. The molecule has 0 aliphatic rings. The molecule has 4 aromatic rings. The Kier molecular flexibility index (Phi) is 6.55. The lowest BCUT2D eigenvalue weighted by molar-refractivity contribution is -0.153. The number of benzene rings is 3. The quantitative estimate of drug-likeness (QED) is 0.357. The molecule has 0 saturated carbocycles. The van der Waals surface area contributed by atoms with E-state index in [0.717, 1.165) is 12.1 Å². The van der Waals surface area contributed by atoms with Crippen molar-refractivity contribution >= 4 is 16.0 Å². The van der Waals surface area contributed by atoms with Crippen LogP contribution in [0.4, 0.5) is 23.5 Å². The molecular weight excluding hydrogens is 484 g/mol. The Labute approximate surface area is 198 Å². The minimum Gasteiger partial charge on any atom is -0.368 e. The number of anilines is 1. The molecule has 0 bridgehead atoms. The van der Waals surface area contributed by atoms with E-state index in [2.05, 4.69) is 9.97 Å². The maximum Gasteiger partial charge on any atom is 0.408 e. The van der Waals surface area contributed by atoms with Crippen LogP contribution in [0.15, 0.2) is 90.1 Å². The second kappa shape index (κ2) is 9.43. The first-order valence-corrected chi connectivity index (χ1v) is 11.7. The Morgan fingerprint density at radius 3 is 2.09 bits per heavy atom. The van der Waals surface area contributed by atoms with Gasteiger partial charge in [0.1, 0.15) is 11.9 Å². The summed E-state index contributed by atoms with van der Waals surface area (Å²) >= 11 is 0. The van der Waals surface area contributed by atoms with E-state index in [9.17, 15) is 26.0 Å². The molecule has 1 heterocycles. The van der Waals surface area contributed by atoms with Crippen LogP contribution in [0.2, 0.25) is 0 Å². The number of hydrogen-bond acceptors (Lipinski definition) is 5. The van der Waals surface area contributed by atoms with Crippen LogP contribution in [0, 0.1) is 5.82 Å². The standard InChI is InChI=1S/C24H18F4N4O2S/c25-20-12-16(10-11-18(20)17-13-30-23(29)31-14-17)19-8-4-5-9-21(19)35(33,34)32-22(24(26,27)28)15-6-2-1-3-7-15/h1-14,22,32H,(H2,29,30,31)/t22-/m1/s1. The van der Waals surface area contributed by atoms with Gasteiger partial charge < -0.3 is 5.73 Å². The number of nitrogens with one attached hydrogen (secondary N) is 1. The van der Waals surface area contributed by atoms with E-state index in [-0.39, 0.29) is 28.2 Å². The molecular formula is C24H18F4N4O2S. The fourth-order valence-electron chi connectivity index (χ4n) is 3.52. The van der Waals surface area contributed by atoms with Gasteiger partial charge in [0.2, 0.25) is 16.0 Å². The van der Waals surface area contributed by atoms with Gasteiger partial charge >= 0.3 is 6.18 Å². The van der Waals surface area contributed by atoms with Gasteiger partial charge in [-0.15, -0.1) is 0 Å². The SMILES string of the molecule is Nc1ncc(-c2ccc(-c3ccccc3S(=O)(=O)N[C@H](c3ccccc3)C(F)(F)F)cc2F)cn1. The van der Waals surface area contributed by atoms with Crippen LogP contribution in [0.3, 0.4) is 0 Å². The smallest absolute Gasteiger partial charge is 0.368 e. The van der Waals surface area contributed by atoms with Crippen LogP contribution in [-0.4, -0.2) is 24.6 Å². The molecule has 0 amide bonds. The monoisotopic (exact) mass is 502 g/mol. The lowest BCUT2D eigenvalue weighted by Crippen LogP contribution is -2.38. The van der Waals surface area contributed by atoms with Crippen molar-refractivity contribution in [3.8, 4) is 22.3 Å². The molecule has 6 nitrogen and oxygen atoms in total. The van der Waals surface area contributed by atoms with E-state index in [1.807, 2.05) is 0 Å². The summed E-state index contributed by atoms with van der Waals surface area (Å²) in [6.45, 7) is 0. The van der Waals surface area contributed by atoms with Crippen molar-refractivity contribution in [2.45, 2.75) is 17.1 Å². The van der Waals surface area contributed by atoms with Gasteiger partial charge in [0.25, 0.3) is 0 Å². The minimum absolute atomic E-state index is 0.0186. The minimum atomic E-state index is -4.89. The van der Waals surface area contributed by atoms with Crippen LogP contribution >= 0.6 is 0 Å². The molecule has 180 valence electrons. The van der Waals surface area contributed by atoms with E-state index in [4.69, 9.17) is 5.73 Å². The van der Waals surface area contributed by atoms with Crippen molar-refractivity contribution in [2.24, 2.45) is 0 Å². The van der Waals surface area contributed by atoms with Crippen LogP contribution in [0.5, 0.6) is 0 Å². The number of nitrogens with two attached hydrogens (primary N) is 1. The number of alkyl halides is 3. The highest BCUT2D eigenvalue weighted by Crippen LogP contribution is 2.36. The Morgan fingerprint density at radius 1 is 0.829 bits per heavy atom. The van der Waals surface area contributed by atoms with Gasteiger partial charge in [0, 0.05) is 29.1 Å². The number of rotatable bonds is 6. The summed E-state index contributed by atoms with van der Waals surface area (Å²) in [5.74, 6) is -0.682. The molecule has 0 aliphatic heterocycles. The number of halogens is 4. The molecule has 0 fully saturated rings. The summed E-state index contributed by atoms with van der Waals surface area (Å²) in [6, 6.07) is 13.6. The van der Waals surface area contributed by atoms with Gasteiger partial charge in [0.05, 0.1) is 4.90 Å². The lowest BCUT2D eigenvalue weighted by atomic mass is 10.0. The molecule has 0 unspecified atom stereocenters. The fraction of sp³-hybridized carbons (Fsp3) is 0.0833. The summed E-state index contributed by atoms with van der Waals surface area (Å²) in [4.78, 5) is 7.21. The molecule has 0 saturated heterocycles. The summed E-state index contributed by atoms with van der Waals surface area (Å²) in [7, 11) is -4.68. The number of hydrogen-bond donors (Lipinski definition) is 2. The number of nitrogen functional groups attached to an aromatic ring is 1. The average Bonchev–Trinajstić information content (AvgIpc) is 2.83. The predicted octanol–water partition coefficient (Wildman–Crippen LogP) is 5.11. The molecule has 3 aromatic carbocycles. The van der Waals surface area contributed by atoms with Gasteiger partial charge in [-0.1, -0.05) is 60.7 Å². The van der Waals surface area contributed by atoms with Gasteiger partial charge in [-0.2, -0.15) is 17.9 Å². The van der Waals surface area contributed by atoms with Crippen molar-refractivity contribution in [3.05, 3.63) is 96.6 Å². The molecule has 3 N–H and O–H groups in total. The zero-order valence-electron chi connectivity index (χ0n) is 17.9. The highest BCUT2D eigenvalue weighted by Gasteiger charge is 2.43. The average molecular weight is 502 g/mol. The fourth-order valence-corrected chi connectivity index (χ4v) is 4.96. The number of nitrogens with zero attached hydrogens (tertiary/aromatic N) is 2. The molecule has 0 radical (unpaired) electrons. The predicted molar refractivity (Wildman–Crippen MR) is 123 cm³/mol. The molecule has 11 heteroatoms. The van der Waals surface area contributed by atoms with Crippen LogP contribution < -0.4 is 10.5 Å².